The van der Waals surface area contributed by atoms with Crippen molar-refractivity contribution in [2.24, 2.45) is 0 Å². The monoisotopic (exact) mass is 239 g/mol. The molecule has 0 heterocycles. The number of aryl methyl sites for hydroxylation is 1. The molecule has 1 aromatic carbocycles. The van der Waals surface area contributed by atoms with Crippen LogP contribution in [0.15, 0.2) is 24.3 Å². The average Bonchev–Trinajstić information content (AvgIpc) is 2.25. The summed E-state index contributed by atoms with van der Waals surface area (Å²) in [7, 11) is 0. The van der Waals surface area contributed by atoms with E-state index in [0.717, 1.165) is 25.4 Å². The van der Waals surface area contributed by atoms with Gasteiger partial charge in [0.05, 0.1) is 0 Å². The van der Waals surface area contributed by atoms with Gasteiger partial charge in [-0.05, 0) is 25.5 Å². The first kappa shape index (κ1) is 13.5. The molecule has 0 saturated carbocycles. The third kappa shape index (κ3) is 4.15. The van der Waals surface area contributed by atoms with Crippen LogP contribution in [0.5, 0.6) is 0 Å². The quantitative estimate of drug-likeness (QED) is 0.592. The Kier molecular flexibility index (Phi) is 5.30. The van der Waals surface area contributed by atoms with Crippen LogP contribution >= 0.6 is 11.6 Å². The van der Waals surface area contributed by atoms with Crippen LogP contribution in [-0.2, 0) is 5.41 Å². The maximum absolute atomic E-state index is 5.65. The van der Waals surface area contributed by atoms with Gasteiger partial charge in [0.1, 0.15) is 0 Å². The highest BCUT2D eigenvalue weighted by Crippen LogP contribution is 2.22. The van der Waals surface area contributed by atoms with Crippen LogP contribution < -0.4 is 5.32 Å². The van der Waals surface area contributed by atoms with Gasteiger partial charge in [0.15, 0.2) is 0 Å². The summed E-state index contributed by atoms with van der Waals surface area (Å²) in [5, 5.41) is 3.46. The number of hydrogen-bond acceptors (Lipinski definition) is 1. The third-order valence-electron chi connectivity index (χ3n) is 2.89. The van der Waals surface area contributed by atoms with Gasteiger partial charge in [0, 0.05) is 17.8 Å². The van der Waals surface area contributed by atoms with E-state index in [2.05, 4.69) is 50.4 Å². The Bertz CT molecular complexity index is 303. The first-order chi connectivity index (χ1) is 7.56. The lowest BCUT2D eigenvalue weighted by atomic mass is 9.84. The molecular weight excluding hydrogens is 218 g/mol. The second kappa shape index (κ2) is 6.27. The molecule has 90 valence electrons. The predicted molar refractivity (Wildman–Crippen MR) is 72.4 cm³/mol. The number of nitrogens with one attached hydrogen (secondary N) is 1. The van der Waals surface area contributed by atoms with Crippen molar-refractivity contribution >= 4 is 11.6 Å². The molecule has 1 N–H and O–H groups in total. The Balaban J connectivity index is 2.52. The van der Waals surface area contributed by atoms with E-state index in [4.69, 9.17) is 11.6 Å². The molecule has 1 nitrogen and oxygen atoms in total. The highest BCUT2D eigenvalue weighted by atomic mass is 35.5. The van der Waals surface area contributed by atoms with Gasteiger partial charge in [-0.1, -0.05) is 43.7 Å². The lowest BCUT2D eigenvalue weighted by molar-refractivity contribution is 0.470. The average molecular weight is 240 g/mol. The van der Waals surface area contributed by atoms with Crippen molar-refractivity contribution in [2.75, 3.05) is 19.0 Å². The smallest absolute Gasteiger partial charge is 0.0235 e. The van der Waals surface area contributed by atoms with Gasteiger partial charge in [-0.25, -0.2) is 0 Å². The van der Waals surface area contributed by atoms with Gasteiger partial charge in [-0.2, -0.15) is 0 Å². The molecule has 0 spiro atoms. The molecule has 0 radical (unpaired) electrons. The molecule has 0 unspecified atom stereocenters. The highest BCUT2D eigenvalue weighted by molar-refractivity contribution is 6.17. The van der Waals surface area contributed by atoms with Gasteiger partial charge in [-0.15, -0.1) is 11.6 Å². The molecule has 0 aliphatic rings. The van der Waals surface area contributed by atoms with Crippen LogP contribution in [0.1, 0.15) is 31.4 Å². The summed E-state index contributed by atoms with van der Waals surface area (Å²) in [5.74, 6) is 0.734. The topological polar surface area (TPSA) is 12.0 Å². The van der Waals surface area contributed by atoms with E-state index in [-0.39, 0.29) is 5.41 Å². The summed E-state index contributed by atoms with van der Waals surface area (Å²) < 4.78 is 0. The van der Waals surface area contributed by atoms with Crippen molar-refractivity contribution < 1.29 is 0 Å². The Morgan fingerprint density at radius 2 is 1.81 bits per heavy atom. The van der Waals surface area contributed by atoms with Crippen molar-refractivity contribution in [1.82, 2.24) is 5.32 Å². The van der Waals surface area contributed by atoms with Crippen molar-refractivity contribution in [3.05, 3.63) is 35.4 Å². The minimum absolute atomic E-state index is 0.181. The van der Waals surface area contributed by atoms with Gasteiger partial charge in [0.2, 0.25) is 0 Å². The molecule has 0 bridgehead atoms. The van der Waals surface area contributed by atoms with E-state index in [0.29, 0.717) is 0 Å². The fourth-order valence-corrected chi connectivity index (χ4v) is 1.83. The number of hydrogen-bond donors (Lipinski definition) is 1. The Labute approximate surface area is 104 Å². The van der Waals surface area contributed by atoms with E-state index in [1.807, 2.05) is 0 Å². The predicted octanol–water partition coefficient (Wildman–Crippen LogP) is 3.49. The Morgan fingerprint density at radius 1 is 1.19 bits per heavy atom. The molecule has 0 aliphatic heterocycles. The maximum Gasteiger partial charge on any atom is 0.0235 e. The number of alkyl halides is 1. The first-order valence-corrected chi connectivity index (χ1v) is 6.43. The zero-order valence-corrected chi connectivity index (χ0v) is 11.3. The molecule has 16 heavy (non-hydrogen) atoms. The maximum atomic E-state index is 5.65. The number of rotatable bonds is 6. The molecule has 0 aromatic heterocycles. The van der Waals surface area contributed by atoms with E-state index < -0.39 is 0 Å². The Hall–Kier alpha value is -0.530. The van der Waals surface area contributed by atoms with Gasteiger partial charge >= 0.3 is 0 Å². The molecule has 1 aromatic rings. The van der Waals surface area contributed by atoms with Crippen molar-refractivity contribution in [3.8, 4) is 0 Å². The summed E-state index contributed by atoms with van der Waals surface area (Å²) in [6.45, 7) is 8.65. The fourth-order valence-electron chi connectivity index (χ4n) is 1.70. The van der Waals surface area contributed by atoms with E-state index in [1.165, 1.54) is 11.1 Å². The van der Waals surface area contributed by atoms with Crippen LogP contribution in [0.25, 0.3) is 0 Å². The largest absolute Gasteiger partial charge is 0.316 e. The van der Waals surface area contributed by atoms with Crippen molar-refractivity contribution in [2.45, 2.75) is 32.6 Å². The van der Waals surface area contributed by atoms with Gasteiger partial charge in [0.25, 0.3) is 0 Å². The molecule has 2 heteroatoms. The van der Waals surface area contributed by atoms with Gasteiger partial charge in [-0.3, -0.25) is 0 Å². The van der Waals surface area contributed by atoms with E-state index >= 15 is 0 Å². The summed E-state index contributed by atoms with van der Waals surface area (Å²) in [6.07, 6.45) is 1.03. The molecule has 0 fully saturated rings. The van der Waals surface area contributed by atoms with Crippen molar-refractivity contribution in [3.63, 3.8) is 0 Å². The minimum atomic E-state index is 0.181. The number of halogens is 1. The van der Waals surface area contributed by atoms with E-state index in [9.17, 15) is 0 Å². The zero-order valence-electron chi connectivity index (χ0n) is 10.5. The zero-order chi connectivity index (χ0) is 12.0. The minimum Gasteiger partial charge on any atom is -0.316 e. The summed E-state index contributed by atoms with van der Waals surface area (Å²) >= 11 is 5.65. The number of benzene rings is 1. The van der Waals surface area contributed by atoms with Crippen LogP contribution in [0.2, 0.25) is 0 Å². The van der Waals surface area contributed by atoms with Crippen molar-refractivity contribution in [1.29, 1.82) is 0 Å². The lowest BCUT2D eigenvalue weighted by Crippen LogP contribution is -2.33. The van der Waals surface area contributed by atoms with Crippen LogP contribution in [0.4, 0.5) is 0 Å². The first-order valence-electron chi connectivity index (χ1n) is 5.90. The highest BCUT2D eigenvalue weighted by Gasteiger charge is 2.19. The SMILES string of the molecule is Cc1ccc(C(C)(C)CNCCCCl)cc1. The lowest BCUT2D eigenvalue weighted by Gasteiger charge is -2.26. The summed E-state index contributed by atoms with van der Waals surface area (Å²) in [6, 6.07) is 8.79. The summed E-state index contributed by atoms with van der Waals surface area (Å²) in [4.78, 5) is 0. The molecule has 0 amide bonds. The third-order valence-corrected chi connectivity index (χ3v) is 3.15. The second-order valence-electron chi connectivity index (χ2n) is 4.97. The molecular formula is C14H22ClN. The summed E-state index contributed by atoms with van der Waals surface area (Å²) in [5.41, 5.74) is 2.88. The standard InChI is InChI=1S/C14H22ClN/c1-12-5-7-13(8-6-12)14(2,3)11-16-10-4-9-15/h5-8,16H,4,9-11H2,1-3H3. The fraction of sp³-hybridized carbons (Fsp3) is 0.571. The second-order valence-corrected chi connectivity index (χ2v) is 5.35. The normalized spacial score (nSPS) is 11.8. The molecule has 0 saturated heterocycles. The van der Waals surface area contributed by atoms with Crippen LogP contribution in [-0.4, -0.2) is 19.0 Å². The Morgan fingerprint density at radius 3 is 2.38 bits per heavy atom. The van der Waals surface area contributed by atoms with E-state index in [1.54, 1.807) is 0 Å². The molecule has 0 atom stereocenters. The molecule has 1 rings (SSSR count). The molecule has 0 aliphatic carbocycles. The van der Waals surface area contributed by atoms with Crippen LogP contribution in [0, 0.1) is 6.92 Å². The van der Waals surface area contributed by atoms with Gasteiger partial charge < -0.3 is 5.32 Å². The van der Waals surface area contributed by atoms with Crippen LogP contribution in [0.3, 0.4) is 0 Å².